The fourth-order valence-electron chi connectivity index (χ4n) is 7.36. The summed E-state index contributed by atoms with van der Waals surface area (Å²) in [6.45, 7) is 1.46. The molecule has 0 spiro atoms. The van der Waals surface area contributed by atoms with Gasteiger partial charge in [-0.3, -0.25) is 4.79 Å². The lowest BCUT2D eigenvalue weighted by molar-refractivity contribution is 0.0700. The first-order valence-electron chi connectivity index (χ1n) is 15.4. The number of phenolic OH excluding ortho intramolecular Hbond substituents is 1. The number of aromatic hydroxyl groups is 1. The van der Waals surface area contributed by atoms with E-state index in [2.05, 4.69) is 10.6 Å². The van der Waals surface area contributed by atoms with Gasteiger partial charge in [0.1, 0.15) is 16.9 Å². The van der Waals surface area contributed by atoms with Gasteiger partial charge in [0.25, 0.3) is 5.91 Å². The summed E-state index contributed by atoms with van der Waals surface area (Å²) in [4.78, 5) is 25.7. The van der Waals surface area contributed by atoms with Gasteiger partial charge in [0.05, 0.1) is 31.1 Å². The number of likely N-dealkylation sites (tertiary alicyclic amines) is 1. The average Bonchev–Trinajstić information content (AvgIpc) is 3.45. The zero-order valence-corrected chi connectivity index (χ0v) is 25.5. The Kier molecular flexibility index (Phi) is 6.32. The molecule has 2 saturated carbocycles. The van der Waals surface area contributed by atoms with E-state index in [0.29, 0.717) is 46.5 Å². The molecule has 3 unspecified atom stereocenters. The minimum absolute atomic E-state index is 0.0353. The number of nitrogens with two attached hydrogens (primary N) is 1. The Morgan fingerprint density at radius 2 is 1.84 bits per heavy atom. The molecule has 0 radical (unpaired) electrons. The number of nitrogens with zero attached hydrogens (tertiary/aromatic N) is 5. The summed E-state index contributed by atoms with van der Waals surface area (Å²) in [5, 5.41) is 10.9. The number of methoxy groups -OCH3 is 2. The van der Waals surface area contributed by atoms with Crippen molar-refractivity contribution in [1.29, 1.82) is 0 Å². The fraction of sp³-hybridized carbons (Fsp3) is 0.382. The average molecular weight is 611 g/mol. The number of halogens is 1. The highest BCUT2D eigenvalue weighted by Gasteiger charge is 2.47. The second kappa shape index (κ2) is 10.2. The van der Waals surface area contributed by atoms with Gasteiger partial charge in [-0.1, -0.05) is 0 Å². The predicted molar refractivity (Wildman–Crippen MR) is 168 cm³/mol. The second-order valence-corrected chi connectivity index (χ2v) is 12.7. The van der Waals surface area contributed by atoms with E-state index in [9.17, 15) is 14.3 Å². The number of piperidine rings is 1. The lowest BCUT2D eigenvalue weighted by Crippen LogP contribution is -2.41. The first-order chi connectivity index (χ1) is 21.7. The van der Waals surface area contributed by atoms with Crippen LogP contribution in [0.4, 0.5) is 4.39 Å². The van der Waals surface area contributed by atoms with E-state index in [1.807, 2.05) is 40.8 Å². The lowest BCUT2D eigenvalue weighted by atomic mass is 10.1. The number of carbonyl (C=O) groups is 1. The number of fused-ring (bicyclic) bond motifs is 4. The van der Waals surface area contributed by atoms with Crippen LogP contribution in [0.15, 0.2) is 42.5 Å². The molecule has 45 heavy (non-hydrogen) atoms. The summed E-state index contributed by atoms with van der Waals surface area (Å²) in [6, 6.07) is 12.5. The highest BCUT2D eigenvalue weighted by atomic mass is 19.1. The van der Waals surface area contributed by atoms with Crippen molar-refractivity contribution in [2.24, 2.45) is 24.6 Å². The zero-order chi connectivity index (χ0) is 31.1. The Hall–Kier alpha value is -4.64. The van der Waals surface area contributed by atoms with E-state index in [1.54, 1.807) is 13.2 Å². The first-order valence-corrected chi connectivity index (χ1v) is 15.4. The first kappa shape index (κ1) is 27.9. The number of carbonyl (C=O) groups excluding carboxylic acids is 1. The topological polar surface area (TPSA) is 121 Å². The molecule has 2 aliphatic carbocycles. The molecule has 8 rings (SSSR count). The summed E-state index contributed by atoms with van der Waals surface area (Å²) in [7, 11) is 4.95. The van der Waals surface area contributed by atoms with E-state index in [1.165, 1.54) is 13.2 Å². The number of hydrogen-bond donors (Lipinski definition) is 2. The van der Waals surface area contributed by atoms with Crippen molar-refractivity contribution in [2.45, 2.75) is 44.3 Å². The molecule has 3 aliphatic rings. The van der Waals surface area contributed by atoms with Crippen LogP contribution in [-0.4, -0.2) is 67.9 Å². The Balaban J connectivity index is 1.24. The molecule has 1 aliphatic heterocycles. The third kappa shape index (κ3) is 4.35. The van der Waals surface area contributed by atoms with Crippen molar-refractivity contribution in [3.8, 4) is 40.0 Å². The van der Waals surface area contributed by atoms with Gasteiger partial charge in [-0.15, -0.1) is 0 Å². The number of hydrogen-bond acceptors (Lipinski definition) is 7. The zero-order valence-electron chi connectivity index (χ0n) is 25.5. The number of imidazole rings is 1. The van der Waals surface area contributed by atoms with Crippen LogP contribution in [0.5, 0.6) is 17.2 Å². The molecule has 11 heteroatoms. The van der Waals surface area contributed by atoms with Crippen LogP contribution < -0.4 is 15.2 Å². The molecule has 3 atom stereocenters. The Morgan fingerprint density at radius 3 is 2.53 bits per heavy atom. The summed E-state index contributed by atoms with van der Waals surface area (Å²) >= 11 is 0. The maximum Gasteiger partial charge on any atom is 0.254 e. The smallest absolute Gasteiger partial charge is 0.254 e. The normalized spacial score (nSPS) is 20.9. The number of phenols is 1. The third-order valence-electron chi connectivity index (χ3n) is 9.97. The third-order valence-corrected chi connectivity index (χ3v) is 9.97. The van der Waals surface area contributed by atoms with Crippen molar-refractivity contribution in [1.82, 2.24) is 24.0 Å². The van der Waals surface area contributed by atoms with Gasteiger partial charge < -0.3 is 34.3 Å². The highest BCUT2D eigenvalue weighted by Crippen LogP contribution is 2.41. The molecule has 3 fully saturated rings. The number of pyridine rings is 1. The fourth-order valence-corrected chi connectivity index (χ4v) is 7.36. The van der Waals surface area contributed by atoms with Crippen LogP contribution in [0.25, 0.3) is 44.8 Å². The molecule has 4 heterocycles. The Labute approximate surface area is 259 Å². The van der Waals surface area contributed by atoms with E-state index in [0.717, 1.165) is 60.3 Å². The maximum absolute atomic E-state index is 14.5. The number of aryl methyl sites for hydroxylation is 1. The van der Waals surface area contributed by atoms with Crippen LogP contribution >= 0.6 is 0 Å². The molecule has 232 valence electrons. The number of amides is 1. The number of ether oxygens (including phenoxy) is 2. The van der Waals surface area contributed by atoms with Crippen LogP contribution in [0.3, 0.4) is 0 Å². The molecule has 1 amide bonds. The number of aromatic nitrogens is 4. The number of rotatable bonds is 7. The maximum atomic E-state index is 14.5. The standard InChI is InChI=1S/C34H35FN6O4/c1-39-30-24(11-21(14-27(30)44-2)34(43)41-16-19-7-9-25(41)29(19)36)38-33(39)26-12-18-6-8-23(37-32(18)40(26)15-17-4-5-17)20-10-22(35)31(42)28(13-20)45-3/h6,8,10-14,17,19,25,29,42H,4-5,7,9,15-16,36H2,1-3H3. The van der Waals surface area contributed by atoms with Crippen molar-refractivity contribution < 1.29 is 23.8 Å². The van der Waals surface area contributed by atoms with Gasteiger partial charge in [0, 0.05) is 48.7 Å². The largest absolute Gasteiger partial charge is 0.502 e. The van der Waals surface area contributed by atoms with E-state index >= 15 is 0 Å². The molecule has 10 nitrogen and oxygen atoms in total. The Bertz CT molecular complexity index is 2010. The molecule has 2 aromatic carbocycles. The van der Waals surface area contributed by atoms with E-state index in [-0.39, 0.29) is 23.7 Å². The van der Waals surface area contributed by atoms with Crippen LogP contribution in [0.2, 0.25) is 0 Å². The number of benzene rings is 2. The van der Waals surface area contributed by atoms with Crippen LogP contribution in [-0.2, 0) is 13.6 Å². The van der Waals surface area contributed by atoms with Crippen molar-refractivity contribution in [3.05, 3.63) is 53.8 Å². The van der Waals surface area contributed by atoms with Gasteiger partial charge in [-0.05, 0) is 80.0 Å². The summed E-state index contributed by atoms with van der Waals surface area (Å²) < 4.78 is 29.7. The van der Waals surface area contributed by atoms with E-state index in [4.69, 9.17) is 25.2 Å². The minimum atomic E-state index is -0.771. The molecule has 3 aromatic heterocycles. The van der Waals surface area contributed by atoms with Gasteiger partial charge in [-0.25, -0.2) is 14.4 Å². The SMILES string of the molecule is COc1cc(-c2ccc3cc(-c4nc5cc(C(=O)N6CC7CCC6C7N)cc(OC)c5n4C)n(CC4CC4)c3n2)cc(F)c1O. The highest BCUT2D eigenvalue weighted by molar-refractivity contribution is 6.00. The van der Waals surface area contributed by atoms with Gasteiger partial charge in [-0.2, -0.15) is 0 Å². The molecule has 2 bridgehead atoms. The predicted octanol–water partition coefficient (Wildman–Crippen LogP) is 5.09. The van der Waals surface area contributed by atoms with Crippen molar-refractivity contribution in [2.75, 3.05) is 20.8 Å². The molecular formula is C34H35FN6O4. The second-order valence-electron chi connectivity index (χ2n) is 12.7. The monoisotopic (exact) mass is 610 g/mol. The van der Waals surface area contributed by atoms with E-state index < -0.39 is 11.6 Å². The van der Waals surface area contributed by atoms with Crippen LogP contribution in [0, 0.1) is 17.7 Å². The van der Waals surface area contributed by atoms with Gasteiger partial charge >= 0.3 is 0 Å². The summed E-state index contributed by atoms with van der Waals surface area (Å²) in [5.74, 6) is 0.925. The van der Waals surface area contributed by atoms with Gasteiger partial charge in [0.15, 0.2) is 23.1 Å². The minimum Gasteiger partial charge on any atom is -0.502 e. The summed E-state index contributed by atoms with van der Waals surface area (Å²) in [5.41, 5.74) is 11.1. The molecule has 5 aromatic rings. The van der Waals surface area contributed by atoms with Crippen molar-refractivity contribution in [3.63, 3.8) is 0 Å². The van der Waals surface area contributed by atoms with Gasteiger partial charge in [0.2, 0.25) is 0 Å². The summed E-state index contributed by atoms with van der Waals surface area (Å²) in [6.07, 6.45) is 4.31. The van der Waals surface area contributed by atoms with Crippen molar-refractivity contribution >= 4 is 28.0 Å². The molecular weight excluding hydrogens is 575 g/mol. The lowest BCUT2D eigenvalue weighted by Gasteiger charge is -2.27. The Morgan fingerprint density at radius 1 is 1.04 bits per heavy atom. The molecule has 3 N–H and O–H groups in total. The molecule has 1 saturated heterocycles. The van der Waals surface area contributed by atoms with Crippen LogP contribution in [0.1, 0.15) is 36.0 Å². The quantitative estimate of drug-likeness (QED) is 0.263.